The SMILES string of the molecule is Cc1noc(C)c1NC(=O)N1CCN(c2ncc(-c3ccccc3)c3nc(C(F)(F)F)ccc23)CC1. The number of piperazine rings is 1. The molecule has 1 aromatic carbocycles. The zero-order valence-corrected chi connectivity index (χ0v) is 19.6. The van der Waals surface area contributed by atoms with Crippen LogP contribution in [-0.2, 0) is 6.18 Å². The molecule has 8 nitrogen and oxygen atoms in total. The minimum Gasteiger partial charge on any atom is -0.359 e. The van der Waals surface area contributed by atoms with Crippen LogP contribution in [0.5, 0.6) is 0 Å². The number of halogens is 3. The number of nitrogens with zero attached hydrogens (tertiary/aromatic N) is 5. The Bertz CT molecular complexity index is 1390. The predicted octanol–water partition coefficient (Wildman–Crippen LogP) is 5.27. The molecule has 1 aliphatic heterocycles. The van der Waals surface area contributed by atoms with Gasteiger partial charge in [0.25, 0.3) is 0 Å². The van der Waals surface area contributed by atoms with E-state index in [4.69, 9.17) is 4.52 Å². The maximum atomic E-state index is 13.5. The number of anilines is 2. The smallest absolute Gasteiger partial charge is 0.359 e. The first-order valence-corrected chi connectivity index (χ1v) is 11.4. The molecule has 1 N–H and O–H groups in total. The lowest BCUT2D eigenvalue weighted by Crippen LogP contribution is -2.50. The van der Waals surface area contributed by atoms with Crippen LogP contribution in [0.15, 0.2) is 53.2 Å². The number of carbonyl (C=O) groups excluding carboxylic acids is 1. The van der Waals surface area contributed by atoms with Crippen LogP contribution in [0.25, 0.3) is 22.0 Å². The molecule has 2 amide bonds. The Balaban J connectivity index is 1.42. The number of alkyl halides is 3. The molecular formula is C25H23F3N6O2. The molecule has 1 fully saturated rings. The monoisotopic (exact) mass is 496 g/mol. The summed E-state index contributed by atoms with van der Waals surface area (Å²) in [6, 6.07) is 11.2. The molecule has 0 bridgehead atoms. The molecule has 3 aromatic heterocycles. The Labute approximate surface area is 204 Å². The van der Waals surface area contributed by atoms with Crippen molar-refractivity contribution in [2.24, 2.45) is 0 Å². The Morgan fingerprint density at radius 2 is 1.75 bits per heavy atom. The van der Waals surface area contributed by atoms with Gasteiger partial charge in [-0.2, -0.15) is 13.2 Å². The van der Waals surface area contributed by atoms with Crippen molar-refractivity contribution in [2.45, 2.75) is 20.0 Å². The summed E-state index contributed by atoms with van der Waals surface area (Å²) in [6.45, 7) is 5.21. The summed E-state index contributed by atoms with van der Waals surface area (Å²) in [5.74, 6) is 1.07. The zero-order valence-electron chi connectivity index (χ0n) is 19.6. The third-order valence-corrected chi connectivity index (χ3v) is 6.21. The van der Waals surface area contributed by atoms with Gasteiger partial charge in [0, 0.05) is 43.3 Å². The average Bonchev–Trinajstić information content (AvgIpc) is 3.20. The molecule has 1 saturated heterocycles. The second kappa shape index (κ2) is 9.14. The molecule has 0 spiro atoms. The number of carbonyl (C=O) groups is 1. The largest absolute Gasteiger partial charge is 0.433 e. The van der Waals surface area contributed by atoms with Crippen LogP contribution >= 0.6 is 0 Å². The van der Waals surface area contributed by atoms with Crippen LogP contribution in [0.1, 0.15) is 17.1 Å². The van der Waals surface area contributed by atoms with Crippen molar-refractivity contribution in [3.8, 4) is 11.1 Å². The van der Waals surface area contributed by atoms with E-state index in [1.165, 1.54) is 6.07 Å². The Hall–Kier alpha value is -4.15. The van der Waals surface area contributed by atoms with Crippen molar-refractivity contribution in [3.63, 3.8) is 0 Å². The normalized spacial score (nSPS) is 14.4. The molecule has 0 unspecified atom stereocenters. The number of urea groups is 1. The maximum Gasteiger partial charge on any atom is 0.433 e. The highest BCUT2D eigenvalue weighted by Crippen LogP contribution is 2.36. The predicted molar refractivity (Wildman–Crippen MR) is 129 cm³/mol. The lowest BCUT2D eigenvalue weighted by molar-refractivity contribution is -0.140. The van der Waals surface area contributed by atoms with Crippen molar-refractivity contribution in [2.75, 3.05) is 36.4 Å². The van der Waals surface area contributed by atoms with Gasteiger partial charge in [0.1, 0.15) is 22.9 Å². The van der Waals surface area contributed by atoms with Gasteiger partial charge >= 0.3 is 12.2 Å². The summed E-state index contributed by atoms with van der Waals surface area (Å²) in [5, 5.41) is 7.21. The number of aromatic nitrogens is 3. The van der Waals surface area contributed by atoms with Gasteiger partial charge in [-0.3, -0.25) is 0 Å². The highest BCUT2D eigenvalue weighted by molar-refractivity contribution is 5.99. The summed E-state index contributed by atoms with van der Waals surface area (Å²) in [6.07, 6.45) is -3.00. The lowest BCUT2D eigenvalue weighted by atomic mass is 10.0. The topological polar surface area (TPSA) is 87.4 Å². The zero-order chi connectivity index (χ0) is 25.4. The molecule has 0 saturated carbocycles. The second-order valence-electron chi connectivity index (χ2n) is 8.56. The fraction of sp³-hybridized carbons (Fsp3) is 0.280. The third-order valence-electron chi connectivity index (χ3n) is 6.21. The molecular weight excluding hydrogens is 473 g/mol. The van der Waals surface area contributed by atoms with E-state index in [0.717, 1.165) is 11.6 Å². The quantitative estimate of drug-likeness (QED) is 0.416. The fourth-order valence-electron chi connectivity index (χ4n) is 4.31. The summed E-state index contributed by atoms with van der Waals surface area (Å²) in [7, 11) is 0. The molecule has 0 atom stereocenters. The molecule has 4 heterocycles. The van der Waals surface area contributed by atoms with E-state index in [9.17, 15) is 18.0 Å². The highest BCUT2D eigenvalue weighted by atomic mass is 19.4. The molecule has 0 aliphatic carbocycles. The van der Waals surface area contributed by atoms with Crippen molar-refractivity contribution in [1.29, 1.82) is 0 Å². The Morgan fingerprint density at radius 1 is 1.03 bits per heavy atom. The summed E-state index contributed by atoms with van der Waals surface area (Å²) >= 11 is 0. The van der Waals surface area contributed by atoms with Crippen molar-refractivity contribution in [1.82, 2.24) is 20.0 Å². The van der Waals surface area contributed by atoms with E-state index in [0.29, 0.717) is 60.1 Å². The summed E-state index contributed by atoms with van der Waals surface area (Å²) < 4.78 is 45.5. The van der Waals surface area contributed by atoms with E-state index < -0.39 is 11.9 Å². The molecule has 5 rings (SSSR count). The van der Waals surface area contributed by atoms with Crippen LogP contribution in [0.4, 0.5) is 29.5 Å². The third kappa shape index (κ3) is 4.43. The minimum absolute atomic E-state index is 0.236. The van der Waals surface area contributed by atoms with E-state index >= 15 is 0 Å². The highest BCUT2D eigenvalue weighted by Gasteiger charge is 2.33. The first kappa shape index (κ1) is 23.6. The van der Waals surface area contributed by atoms with Gasteiger partial charge < -0.3 is 19.6 Å². The van der Waals surface area contributed by atoms with Gasteiger partial charge in [-0.15, -0.1) is 0 Å². The van der Waals surface area contributed by atoms with Gasteiger partial charge in [-0.1, -0.05) is 35.5 Å². The first-order chi connectivity index (χ1) is 17.2. The van der Waals surface area contributed by atoms with Crippen molar-refractivity contribution >= 4 is 28.4 Å². The summed E-state index contributed by atoms with van der Waals surface area (Å²) in [4.78, 5) is 25.0. The van der Waals surface area contributed by atoms with Crippen molar-refractivity contribution in [3.05, 3.63) is 65.8 Å². The Kier molecular flexibility index (Phi) is 5.99. The number of hydrogen-bond donors (Lipinski definition) is 1. The summed E-state index contributed by atoms with van der Waals surface area (Å²) in [5.41, 5.74) is 1.69. The van der Waals surface area contributed by atoms with Gasteiger partial charge in [-0.25, -0.2) is 14.8 Å². The number of fused-ring (bicyclic) bond motifs is 1. The van der Waals surface area contributed by atoms with Crippen LogP contribution in [0.2, 0.25) is 0 Å². The number of hydrogen-bond acceptors (Lipinski definition) is 6. The average molecular weight is 496 g/mol. The molecule has 0 radical (unpaired) electrons. The number of pyridine rings is 2. The number of benzene rings is 1. The van der Waals surface area contributed by atoms with Crippen molar-refractivity contribution < 1.29 is 22.5 Å². The van der Waals surface area contributed by atoms with E-state index in [1.807, 2.05) is 35.2 Å². The second-order valence-corrected chi connectivity index (χ2v) is 8.56. The van der Waals surface area contributed by atoms with E-state index in [-0.39, 0.29) is 11.5 Å². The molecule has 1 aliphatic rings. The number of amides is 2. The Morgan fingerprint density at radius 3 is 2.39 bits per heavy atom. The minimum atomic E-state index is -4.56. The first-order valence-electron chi connectivity index (χ1n) is 11.4. The van der Waals surface area contributed by atoms with E-state index in [1.54, 1.807) is 24.9 Å². The molecule has 186 valence electrons. The molecule has 4 aromatic rings. The lowest BCUT2D eigenvalue weighted by Gasteiger charge is -2.35. The number of rotatable bonds is 3. The van der Waals surface area contributed by atoms with Crippen LogP contribution in [0.3, 0.4) is 0 Å². The van der Waals surface area contributed by atoms with E-state index in [2.05, 4.69) is 20.4 Å². The van der Waals surface area contributed by atoms with Crippen LogP contribution in [0, 0.1) is 13.8 Å². The van der Waals surface area contributed by atoms with Crippen LogP contribution < -0.4 is 10.2 Å². The van der Waals surface area contributed by atoms with Gasteiger partial charge in [0.05, 0.1) is 5.52 Å². The van der Waals surface area contributed by atoms with Crippen LogP contribution in [-0.4, -0.2) is 52.2 Å². The van der Waals surface area contributed by atoms with Gasteiger partial charge in [-0.05, 0) is 31.5 Å². The molecule has 36 heavy (non-hydrogen) atoms. The molecule has 11 heteroatoms. The number of nitrogens with one attached hydrogen (secondary N) is 1. The fourth-order valence-corrected chi connectivity index (χ4v) is 4.31. The van der Waals surface area contributed by atoms with Gasteiger partial charge in [0.2, 0.25) is 0 Å². The maximum absolute atomic E-state index is 13.5. The van der Waals surface area contributed by atoms with Gasteiger partial charge in [0.15, 0.2) is 5.76 Å². The standard InChI is InChI=1S/C25H23F3N6O2/c1-15-21(16(2)36-32-15)31-24(35)34-12-10-33(11-13-34)23-18-8-9-20(25(26,27)28)30-22(18)19(14-29-23)17-6-4-3-5-7-17/h3-9,14H,10-13H2,1-2H3,(H,31,35). The number of aryl methyl sites for hydroxylation is 2.